The first-order valence-corrected chi connectivity index (χ1v) is 7.31. The Morgan fingerprint density at radius 2 is 1.91 bits per heavy atom. The SMILES string of the molecule is COc1ccc(C(=O)NCCN(C)c2ccccc2)cc1C. The number of aryl methyl sites for hydroxylation is 1. The number of carbonyl (C=O) groups is 1. The molecule has 0 aromatic heterocycles. The highest BCUT2D eigenvalue weighted by Gasteiger charge is 2.08. The summed E-state index contributed by atoms with van der Waals surface area (Å²) in [4.78, 5) is 14.3. The summed E-state index contributed by atoms with van der Waals surface area (Å²) < 4.78 is 5.20. The number of likely N-dealkylation sites (N-methyl/N-ethyl adjacent to an activating group) is 1. The highest BCUT2D eigenvalue weighted by atomic mass is 16.5. The molecule has 0 radical (unpaired) electrons. The standard InChI is InChI=1S/C18H22N2O2/c1-14-13-15(9-10-17(14)22-3)18(21)19-11-12-20(2)16-7-5-4-6-8-16/h4-10,13H,11-12H2,1-3H3,(H,19,21). The van der Waals surface area contributed by atoms with Gasteiger partial charge in [-0.1, -0.05) is 18.2 Å². The zero-order chi connectivity index (χ0) is 15.9. The second kappa shape index (κ2) is 7.50. The zero-order valence-corrected chi connectivity index (χ0v) is 13.3. The van der Waals surface area contributed by atoms with Crippen molar-refractivity contribution in [2.75, 3.05) is 32.1 Å². The second-order valence-corrected chi connectivity index (χ2v) is 5.20. The summed E-state index contributed by atoms with van der Waals surface area (Å²) in [6.45, 7) is 3.28. The van der Waals surface area contributed by atoms with Crippen LogP contribution in [0.3, 0.4) is 0 Å². The Labute approximate surface area is 131 Å². The van der Waals surface area contributed by atoms with E-state index in [1.165, 1.54) is 0 Å². The van der Waals surface area contributed by atoms with Crippen molar-refractivity contribution in [3.63, 3.8) is 0 Å². The molecule has 0 saturated carbocycles. The number of carbonyl (C=O) groups excluding carboxylic acids is 1. The van der Waals surface area contributed by atoms with Crippen molar-refractivity contribution < 1.29 is 9.53 Å². The lowest BCUT2D eigenvalue weighted by Gasteiger charge is -2.19. The molecule has 0 aliphatic rings. The maximum atomic E-state index is 12.1. The third-order valence-corrected chi connectivity index (χ3v) is 3.59. The molecule has 0 aliphatic carbocycles. The predicted molar refractivity (Wildman–Crippen MR) is 89.8 cm³/mol. The van der Waals surface area contributed by atoms with E-state index >= 15 is 0 Å². The highest BCUT2D eigenvalue weighted by molar-refractivity contribution is 5.94. The Morgan fingerprint density at radius 1 is 1.18 bits per heavy atom. The van der Waals surface area contributed by atoms with E-state index in [-0.39, 0.29) is 5.91 Å². The third kappa shape index (κ3) is 4.01. The molecule has 0 bridgehead atoms. The van der Waals surface area contributed by atoms with E-state index in [0.29, 0.717) is 12.1 Å². The van der Waals surface area contributed by atoms with Gasteiger partial charge in [0.15, 0.2) is 0 Å². The molecule has 116 valence electrons. The minimum Gasteiger partial charge on any atom is -0.496 e. The van der Waals surface area contributed by atoms with Gasteiger partial charge >= 0.3 is 0 Å². The van der Waals surface area contributed by atoms with Gasteiger partial charge in [0.05, 0.1) is 7.11 Å². The van der Waals surface area contributed by atoms with E-state index in [0.717, 1.165) is 23.5 Å². The largest absolute Gasteiger partial charge is 0.496 e. The molecular formula is C18H22N2O2. The lowest BCUT2D eigenvalue weighted by atomic mass is 10.1. The van der Waals surface area contributed by atoms with Crippen molar-refractivity contribution in [3.05, 3.63) is 59.7 Å². The van der Waals surface area contributed by atoms with Crippen molar-refractivity contribution in [1.82, 2.24) is 5.32 Å². The van der Waals surface area contributed by atoms with Crippen LogP contribution in [-0.4, -0.2) is 33.2 Å². The number of anilines is 1. The quantitative estimate of drug-likeness (QED) is 0.891. The summed E-state index contributed by atoms with van der Waals surface area (Å²) in [5.41, 5.74) is 2.74. The highest BCUT2D eigenvalue weighted by Crippen LogP contribution is 2.18. The average Bonchev–Trinajstić information content (AvgIpc) is 2.55. The molecule has 0 fully saturated rings. The van der Waals surface area contributed by atoms with E-state index in [9.17, 15) is 4.79 Å². The Hall–Kier alpha value is -2.49. The minimum atomic E-state index is -0.0628. The monoisotopic (exact) mass is 298 g/mol. The van der Waals surface area contributed by atoms with Gasteiger partial charge in [0.2, 0.25) is 0 Å². The third-order valence-electron chi connectivity index (χ3n) is 3.59. The Morgan fingerprint density at radius 3 is 2.55 bits per heavy atom. The molecule has 22 heavy (non-hydrogen) atoms. The summed E-state index contributed by atoms with van der Waals surface area (Å²) in [5.74, 6) is 0.729. The zero-order valence-electron chi connectivity index (χ0n) is 13.3. The van der Waals surface area contributed by atoms with Gasteiger partial charge in [-0.2, -0.15) is 0 Å². The molecule has 0 spiro atoms. The molecule has 0 unspecified atom stereocenters. The number of ether oxygens (including phenoxy) is 1. The summed E-state index contributed by atoms with van der Waals surface area (Å²) in [6, 6.07) is 15.5. The van der Waals surface area contributed by atoms with Crippen molar-refractivity contribution in [2.45, 2.75) is 6.92 Å². The average molecular weight is 298 g/mol. The number of rotatable bonds is 6. The summed E-state index contributed by atoms with van der Waals surface area (Å²) in [6.07, 6.45) is 0. The smallest absolute Gasteiger partial charge is 0.251 e. The van der Waals surface area contributed by atoms with Crippen molar-refractivity contribution in [3.8, 4) is 5.75 Å². The lowest BCUT2D eigenvalue weighted by Crippen LogP contribution is -2.33. The first kappa shape index (κ1) is 15.9. The number of benzene rings is 2. The molecule has 2 aromatic rings. The van der Waals surface area contributed by atoms with Gasteiger partial charge in [0.25, 0.3) is 5.91 Å². The first-order valence-electron chi connectivity index (χ1n) is 7.31. The van der Waals surface area contributed by atoms with Gasteiger partial charge < -0.3 is 15.0 Å². The minimum absolute atomic E-state index is 0.0628. The van der Waals surface area contributed by atoms with Crippen molar-refractivity contribution in [1.29, 1.82) is 0 Å². The van der Waals surface area contributed by atoms with Crippen LogP contribution in [0.15, 0.2) is 48.5 Å². The van der Waals surface area contributed by atoms with Gasteiger partial charge in [0, 0.05) is 31.4 Å². The number of para-hydroxylation sites is 1. The topological polar surface area (TPSA) is 41.6 Å². The fraction of sp³-hybridized carbons (Fsp3) is 0.278. The van der Waals surface area contributed by atoms with Crippen molar-refractivity contribution in [2.24, 2.45) is 0 Å². The van der Waals surface area contributed by atoms with Gasteiger partial charge in [0.1, 0.15) is 5.75 Å². The van der Waals surface area contributed by atoms with Crippen LogP contribution in [0.25, 0.3) is 0 Å². The Bertz CT molecular complexity index is 626. The van der Waals surface area contributed by atoms with E-state index in [2.05, 4.69) is 22.3 Å². The van der Waals surface area contributed by atoms with Crippen molar-refractivity contribution >= 4 is 11.6 Å². The normalized spacial score (nSPS) is 10.1. The first-order chi connectivity index (χ1) is 10.6. The molecule has 2 aromatic carbocycles. The maximum Gasteiger partial charge on any atom is 0.251 e. The molecule has 4 heteroatoms. The molecule has 1 N–H and O–H groups in total. The Balaban J connectivity index is 1.86. The number of hydrogen-bond donors (Lipinski definition) is 1. The van der Waals surface area contributed by atoms with Crippen LogP contribution in [0, 0.1) is 6.92 Å². The molecule has 2 rings (SSSR count). The number of hydrogen-bond acceptors (Lipinski definition) is 3. The number of nitrogens with one attached hydrogen (secondary N) is 1. The van der Waals surface area contributed by atoms with E-state index in [1.807, 2.05) is 44.3 Å². The molecule has 0 aliphatic heterocycles. The van der Waals surface area contributed by atoms with Gasteiger partial charge in [-0.05, 0) is 42.8 Å². The van der Waals surface area contributed by atoms with E-state index < -0.39 is 0 Å². The number of amides is 1. The second-order valence-electron chi connectivity index (χ2n) is 5.20. The molecule has 0 heterocycles. The molecular weight excluding hydrogens is 276 g/mol. The number of methoxy groups -OCH3 is 1. The Kier molecular flexibility index (Phi) is 5.42. The summed E-state index contributed by atoms with van der Waals surface area (Å²) in [5, 5.41) is 2.94. The van der Waals surface area contributed by atoms with Crippen LogP contribution in [0.2, 0.25) is 0 Å². The fourth-order valence-electron chi connectivity index (χ4n) is 2.27. The van der Waals surface area contributed by atoms with Gasteiger partial charge in [-0.15, -0.1) is 0 Å². The molecule has 0 saturated heterocycles. The van der Waals surface area contributed by atoms with E-state index in [1.54, 1.807) is 13.2 Å². The molecule has 1 amide bonds. The van der Waals surface area contributed by atoms with Gasteiger partial charge in [-0.25, -0.2) is 0 Å². The lowest BCUT2D eigenvalue weighted by molar-refractivity contribution is 0.0954. The van der Waals surface area contributed by atoms with Crippen LogP contribution in [0.5, 0.6) is 5.75 Å². The molecule has 4 nitrogen and oxygen atoms in total. The predicted octanol–water partition coefficient (Wildman–Crippen LogP) is 2.87. The summed E-state index contributed by atoms with van der Waals surface area (Å²) in [7, 11) is 3.64. The molecule has 0 atom stereocenters. The van der Waals surface area contributed by atoms with Crippen LogP contribution in [0.4, 0.5) is 5.69 Å². The maximum absolute atomic E-state index is 12.1. The van der Waals surface area contributed by atoms with Crippen LogP contribution in [-0.2, 0) is 0 Å². The summed E-state index contributed by atoms with van der Waals surface area (Å²) >= 11 is 0. The number of nitrogens with zero attached hydrogens (tertiary/aromatic N) is 1. The van der Waals surface area contributed by atoms with Gasteiger partial charge in [-0.3, -0.25) is 4.79 Å². The van der Waals surface area contributed by atoms with Crippen LogP contribution < -0.4 is 15.0 Å². The van der Waals surface area contributed by atoms with Crippen LogP contribution in [0.1, 0.15) is 15.9 Å². The van der Waals surface area contributed by atoms with Crippen LogP contribution >= 0.6 is 0 Å². The van der Waals surface area contributed by atoms with E-state index in [4.69, 9.17) is 4.74 Å². The fourth-order valence-corrected chi connectivity index (χ4v) is 2.27.